The van der Waals surface area contributed by atoms with Gasteiger partial charge in [0.1, 0.15) is 23.2 Å². The van der Waals surface area contributed by atoms with Gasteiger partial charge in [-0.1, -0.05) is 18.2 Å². The number of methoxy groups -OCH3 is 1. The quantitative estimate of drug-likeness (QED) is 0.311. The number of halogens is 1. The third-order valence-electron chi connectivity index (χ3n) is 5.21. The summed E-state index contributed by atoms with van der Waals surface area (Å²) in [7, 11) is 1.60. The van der Waals surface area contributed by atoms with Gasteiger partial charge in [-0.25, -0.2) is 9.18 Å². The molecule has 8 heteroatoms. The highest BCUT2D eigenvalue weighted by Gasteiger charge is 2.16. The number of benzene rings is 2. The van der Waals surface area contributed by atoms with Crippen LogP contribution in [-0.4, -0.2) is 30.2 Å². The molecular weight excluding hydrogens is 437 g/mol. The van der Waals surface area contributed by atoms with Gasteiger partial charge in [0.25, 0.3) is 5.91 Å². The number of nitrogens with zero attached hydrogens (tertiary/aromatic N) is 2. The maximum Gasteiger partial charge on any atom is 0.349 e. The molecule has 0 atom stereocenters. The second kappa shape index (κ2) is 11.0. The molecule has 1 aromatic heterocycles. The van der Waals surface area contributed by atoms with Crippen LogP contribution in [-0.2, 0) is 20.9 Å². The van der Waals surface area contributed by atoms with Crippen LogP contribution in [0.1, 0.15) is 22.5 Å². The number of carbonyl (C=O) groups excluding carboxylic acids is 2. The molecule has 7 nitrogen and oxygen atoms in total. The fourth-order valence-electron chi connectivity index (χ4n) is 3.45. The number of nitrogens with one attached hydrogen (secondary N) is 1. The van der Waals surface area contributed by atoms with Gasteiger partial charge in [0.15, 0.2) is 6.61 Å². The van der Waals surface area contributed by atoms with E-state index in [4.69, 9.17) is 9.47 Å². The Balaban J connectivity index is 1.67. The zero-order valence-electron chi connectivity index (χ0n) is 19.1. The van der Waals surface area contributed by atoms with E-state index in [9.17, 15) is 19.2 Å². The van der Waals surface area contributed by atoms with E-state index in [1.54, 1.807) is 25.3 Å². The summed E-state index contributed by atoms with van der Waals surface area (Å²) in [5, 5.41) is 11.9. The number of rotatable bonds is 8. The van der Waals surface area contributed by atoms with Crippen molar-refractivity contribution in [3.63, 3.8) is 0 Å². The molecule has 34 heavy (non-hydrogen) atoms. The van der Waals surface area contributed by atoms with Crippen molar-refractivity contribution in [2.45, 2.75) is 20.4 Å². The van der Waals surface area contributed by atoms with Crippen molar-refractivity contribution in [1.29, 1.82) is 5.26 Å². The van der Waals surface area contributed by atoms with Crippen LogP contribution in [0.2, 0.25) is 0 Å². The molecule has 0 fully saturated rings. The highest BCUT2D eigenvalue weighted by molar-refractivity contribution is 5.99. The lowest BCUT2D eigenvalue weighted by Gasteiger charge is -2.10. The predicted molar refractivity (Wildman–Crippen MR) is 125 cm³/mol. The van der Waals surface area contributed by atoms with Crippen molar-refractivity contribution in [3.05, 3.63) is 88.5 Å². The predicted octanol–water partition coefficient (Wildman–Crippen LogP) is 4.01. The molecule has 1 heterocycles. The summed E-state index contributed by atoms with van der Waals surface area (Å²) in [6, 6.07) is 17.2. The Labute approximate surface area is 197 Å². The Morgan fingerprint density at radius 3 is 2.50 bits per heavy atom. The van der Waals surface area contributed by atoms with Crippen LogP contribution in [0.15, 0.2) is 60.2 Å². The van der Waals surface area contributed by atoms with Crippen LogP contribution in [0.3, 0.4) is 0 Å². The lowest BCUT2D eigenvalue weighted by atomic mass is 10.1. The lowest BCUT2D eigenvalue weighted by molar-refractivity contribution is -0.144. The third kappa shape index (κ3) is 5.70. The normalized spacial score (nSPS) is 11.0. The van der Waals surface area contributed by atoms with Gasteiger partial charge in [0.05, 0.1) is 7.11 Å². The molecule has 0 spiro atoms. The standard InChI is InChI=1S/C26H24FN3O4/c1-17-12-20(18(2)30(17)22-8-10-23(33-3)11-9-22)13-21(14-28)26(32)34-16-25(31)29-15-19-6-4-5-7-24(19)27/h4-13H,15-16H2,1-3H3,(H,29,31)/b21-13+. The van der Waals surface area contributed by atoms with E-state index in [0.717, 1.165) is 22.8 Å². The minimum atomic E-state index is -0.919. The number of aromatic nitrogens is 1. The third-order valence-corrected chi connectivity index (χ3v) is 5.21. The van der Waals surface area contributed by atoms with E-state index >= 15 is 0 Å². The number of amides is 1. The van der Waals surface area contributed by atoms with Crippen LogP contribution >= 0.6 is 0 Å². The number of nitriles is 1. The first-order valence-electron chi connectivity index (χ1n) is 10.5. The summed E-state index contributed by atoms with van der Waals surface area (Å²) < 4.78 is 25.8. The fraction of sp³-hybridized carbons (Fsp3) is 0.192. The molecule has 0 bridgehead atoms. The molecule has 1 amide bonds. The van der Waals surface area contributed by atoms with E-state index < -0.39 is 24.3 Å². The van der Waals surface area contributed by atoms with E-state index in [1.165, 1.54) is 12.1 Å². The maximum absolute atomic E-state index is 13.6. The Bertz CT molecular complexity index is 1270. The topological polar surface area (TPSA) is 93.3 Å². The number of ether oxygens (including phenoxy) is 2. The lowest BCUT2D eigenvalue weighted by Crippen LogP contribution is -2.28. The first-order valence-corrected chi connectivity index (χ1v) is 10.5. The maximum atomic E-state index is 13.6. The van der Waals surface area contributed by atoms with E-state index in [-0.39, 0.29) is 12.1 Å². The van der Waals surface area contributed by atoms with Gasteiger partial charge in [-0.3, -0.25) is 4.79 Å². The highest BCUT2D eigenvalue weighted by atomic mass is 19.1. The van der Waals surface area contributed by atoms with Crippen LogP contribution < -0.4 is 10.1 Å². The van der Waals surface area contributed by atoms with E-state index in [0.29, 0.717) is 11.1 Å². The van der Waals surface area contributed by atoms with E-state index in [2.05, 4.69) is 5.32 Å². The minimum absolute atomic E-state index is 0.0403. The van der Waals surface area contributed by atoms with Crippen LogP contribution in [0.4, 0.5) is 4.39 Å². The Morgan fingerprint density at radius 1 is 1.15 bits per heavy atom. The number of aryl methyl sites for hydroxylation is 1. The summed E-state index contributed by atoms with van der Waals surface area (Å²) in [5.74, 6) is -1.23. The van der Waals surface area contributed by atoms with Crippen molar-refractivity contribution in [2.75, 3.05) is 13.7 Å². The van der Waals surface area contributed by atoms with Gasteiger partial charge >= 0.3 is 5.97 Å². The van der Waals surface area contributed by atoms with Crippen molar-refractivity contribution in [2.24, 2.45) is 0 Å². The molecule has 3 aromatic rings. The minimum Gasteiger partial charge on any atom is -0.497 e. The Kier molecular flexibility index (Phi) is 7.83. The molecule has 174 valence electrons. The summed E-state index contributed by atoms with van der Waals surface area (Å²) in [6.07, 6.45) is 1.43. The molecule has 0 aliphatic rings. The fourth-order valence-corrected chi connectivity index (χ4v) is 3.45. The molecule has 1 N–H and O–H groups in total. The summed E-state index contributed by atoms with van der Waals surface area (Å²) in [6.45, 7) is 3.16. The number of esters is 1. The zero-order chi connectivity index (χ0) is 24.7. The summed E-state index contributed by atoms with van der Waals surface area (Å²) >= 11 is 0. The molecule has 0 aliphatic carbocycles. The van der Waals surface area contributed by atoms with Crippen molar-refractivity contribution in [3.8, 4) is 17.5 Å². The smallest absolute Gasteiger partial charge is 0.349 e. The first-order chi connectivity index (χ1) is 16.3. The second-order valence-corrected chi connectivity index (χ2v) is 7.47. The monoisotopic (exact) mass is 461 g/mol. The van der Waals surface area contributed by atoms with Gasteiger partial charge < -0.3 is 19.4 Å². The molecule has 0 saturated carbocycles. The molecular formula is C26H24FN3O4. The summed E-state index contributed by atoms with van der Waals surface area (Å²) in [5.41, 5.74) is 3.38. The number of hydrogen-bond donors (Lipinski definition) is 1. The van der Waals surface area contributed by atoms with Crippen molar-refractivity contribution < 1.29 is 23.5 Å². The van der Waals surface area contributed by atoms with E-state index in [1.807, 2.05) is 54.8 Å². The summed E-state index contributed by atoms with van der Waals surface area (Å²) in [4.78, 5) is 24.4. The van der Waals surface area contributed by atoms with Crippen molar-refractivity contribution >= 4 is 18.0 Å². The number of hydrogen-bond acceptors (Lipinski definition) is 5. The van der Waals surface area contributed by atoms with Crippen molar-refractivity contribution in [1.82, 2.24) is 9.88 Å². The molecule has 0 aliphatic heterocycles. The molecule has 0 unspecified atom stereocenters. The van der Waals surface area contributed by atoms with Crippen LogP contribution in [0.5, 0.6) is 5.75 Å². The van der Waals surface area contributed by atoms with Gasteiger partial charge in [-0.2, -0.15) is 5.26 Å². The van der Waals surface area contributed by atoms with Gasteiger partial charge in [-0.05, 0) is 61.9 Å². The highest BCUT2D eigenvalue weighted by Crippen LogP contribution is 2.24. The average molecular weight is 461 g/mol. The second-order valence-electron chi connectivity index (χ2n) is 7.47. The molecule has 0 saturated heterocycles. The Morgan fingerprint density at radius 2 is 1.85 bits per heavy atom. The SMILES string of the molecule is COc1ccc(-n2c(C)cc(/C=C(\C#N)C(=O)OCC(=O)NCc3ccccc3F)c2C)cc1. The van der Waals surface area contributed by atoms with Gasteiger partial charge in [0.2, 0.25) is 0 Å². The first kappa shape index (κ1) is 24.3. The van der Waals surface area contributed by atoms with Gasteiger partial charge in [0, 0.05) is 29.2 Å². The number of carbonyl (C=O) groups is 2. The zero-order valence-corrected chi connectivity index (χ0v) is 19.1. The molecule has 3 rings (SSSR count). The van der Waals surface area contributed by atoms with Crippen LogP contribution in [0.25, 0.3) is 11.8 Å². The molecule has 0 radical (unpaired) electrons. The van der Waals surface area contributed by atoms with Gasteiger partial charge in [-0.15, -0.1) is 0 Å². The van der Waals surface area contributed by atoms with Crippen LogP contribution in [0, 0.1) is 31.0 Å². The Hall–Kier alpha value is -4.38. The largest absolute Gasteiger partial charge is 0.497 e. The molecule has 2 aromatic carbocycles. The average Bonchev–Trinajstić information content (AvgIpc) is 3.12.